The number of aromatic amines is 1. The molecule has 3 aromatic rings. The molecule has 4 rings (SSSR count). The van der Waals surface area contributed by atoms with Gasteiger partial charge in [-0.15, -0.1) is 36.2 Å². The first-order chi connectivity index (χ1) is 14.3. The van der Waals surface area contributed by atoms with Crippen molar-refractivity contribution in [3.8, 4) is 10.4 Å². The Morgan fingerprint density at radius 1 is 1.22 bits per heavy atom. The molecule has 3 aromatic heterocycles. The van der Waals surface area contributed by atoms with Crippen LogP contribution in [0.25, 0.3) is 10.4 Å². The monoisotopic (exact) mass is 515 g/mol. The van der Waals surface area contributed by atoms with Gasteiger partial charge in [0.15, 0.2) is 0 Å². The van der Waals surface area contributed by atoms with E-state index in [-0.39, 0.29) is 42.5 Å². The molecule has 10 heteroatoms. The highest BCUT2D eigenvalue weighted by Gasteiger charge is 2.42. The van der Waals surface area contributed by atoms with Crippen LogP contribution in [0, 0.1) is 6.92 Å². The molecule has 32 heavy (non-hydrogen) atoms. The minimum absolute atomic E-state index is 0. The normalized spacial score (nSPS) is 14.5. The van der Waals surface area contributed by atoms with Crippen molar-refractivity contribution in [1.82, 2.24) is 14.3 Å². The SMILES string of the molecule is CCc1cc(-c2ccc(S(=O)(=O)N(C3CC3)C(C)c3ccccn3)s2)c(C)[nH]c1=O.Cl.Cl. The molecule has 1 aliphatic rings. The van der Waals surface area contributed by atoms with E-state index in [1.807, 2.05) is 51.1 Å². The number of nitrogens with zero attached hydrogens (tertiary/aromatic N) is 2. The number of rotatable bonds is 7. The Bertz CT molecular complexity index is 1220. The van der Waals surface area contributed by atoms with Gasteiger partial charge in [-0.3, -0.25) is 9.78 Å². The molecule has 0 aromatic carbocycles. The maximum atomic E-state index is 13.6. The molecule has 3 heterocycles. The summed E-state index contributed by atoms with van der Waals surface area (Å²) in [6.45, 7) is 5.66. The van der Waals surface area contributed by atoms with Crippen molar-refractivity contribution in [2.75, 3.05) is 0 Å². The number of nitrogens with one attached hydrogen (secondary N) is 1. The van der Waals surface area contributed by atoms with E-state index in [0.717, 1.165) is 34.7 Å². The minimum atomic E-state index is -3.67. The zero-order valence-electron chi connectivity index (χ0n) is 18.1. The van der Waals surface area contributed by atoms with Crippen LogP contribution in [0.15, 0.2) is 51.6 Å². The van der Waals surface area contributed by atoms with Crippen molar-refractivity contribution in [1.29, 1.82) is 0 Å². The van der Waals surface area contributed by atoms with E-state index in [9.17, 15) is 13.2 Å². The molecular formula is C22H27Cl2N3O3S2. The van der Waals surface area contributed by atoms with Gasteiger partial charge < -0.3 is 4.98 Å². The topological polar surface area (TPSA) is 83.1 Å². The van der Waals surface area contributed by atoms with E-state index in [2.05, 4.69) is 9.97 Å². The average Bonchev–Trinajstić information content (AvgIpc) is 3.42. The molecule has 1 N–H and O–H groups in total. The summed E-state index contributed by atoms with van der Waals surface area (Å²) >= 11 is 1.25. The van der Waals surface area contributed by atoms with Gasteiger partial charge in [0.05, 0.1) is 11.7 Å². The van der Waals surface area contributed by atoms with Crippen LogP contribution >= 0.6 is 36.2 Å². The van der Waals surface area contributed by atoms with Crippen molar-refractivity contribution in [3.63, 3.8) is 0 Å². The first-order valence-electron chi connectivity index (χ1n) is 10.1. The molecule has 0 spiro atoms. The first-order valence-corrected chi connectivity index (χ1v) is 12.4. The van der Waals surface area contributed by atoms with E-state index in [1.54, 1.807) is 16.6 Å². The second kappa shape index (κ2) is 10.5. The predicted molar refractivity (Wildman–Crippen MR) is 134 cm³/mol. The zero-order valence-corrected chi connectivity index (χ0v) is 21.3. The third-order valence-corrected chi connectivity index (χ3v) is 9.09. The number of hydrogen-bond acceptors (Lipinski definition) is 5. The van der Waals surface area contributed by atoms with E-state index < -0.39 is 10.0 Å². The van der Waals surface area contributed by atoms with Crippen molar-refractivity contribution in [3.05, 3.63) is 69.9 Å². The molecule has 0 saturated heterocycles. The number of aryl methyl sites for hydroxylation is 2. The lowest BCUT2D eigenvalue weighted by Crippen LogP contribution is -2.35. The van der Waals surface area contributed by atoms with E-state index in [0.29, 0.717) is 16.2 Å². The summed E-state index contributed by atoms with van der Waals surface area (Å²) in [5, 5.41) is 0. The van der Waals surface area contributed by atoms with Crippen LogP contribution in [-0.4, -0.2) is 28.7 Å². The molecule has 1 unspecified atom stereocenters. The van der Waals surface area contributed by atoms with Crippen LogP contribution in [0.1, 0.15) is 49.7 Å². The van der Waals surface area contributed by atoms with Gasteiger partial charge in [0.2, 0.25) is 0 Å². The van der Waals surface area contributed by atoms with E-state index >= 15 is 0 Å². The summed E-state index contributed by atoms with van der Waals surface area (Å²) in [4.78, 5) is 20.1. The number of hydrogen-bond donors (Lipinski definition) is 1. The first kappa shape index (κ1) is 26.5. The third kappa shape index (κ3) is 5.10. The van der Waals surface area contributed by atoms with Crippen LogP contribution in [0.5, 0.6) is 0 Å². The Morgan fingerprint density at radius 2 is 1.94 bits per heavy atom. The van der Waals surface area contributed by atoms with Crippen LogP contribution in [0.2, 0.25) is 0 Å². The lowest BCUT2D eigenvalue weighted by molar-refractivity contribution is 0.329. The summed E-state index contributed by atoms with van der Waals surface area (Å²) in [7, 11) is -3.67. The molecular weight excluding hydrogens is 489 g/mol. The lowest BCUT2D eigenvalue weighted by Gasteiger charge is -2.27. The fourth-order valence-electron chi connectivity index (χ4n) is 3.70. The molecule has 174 valence electrons. The fraction of sp³-hybridized carbons (Fsp3) is 0.364. The number of pyridine rings is 2. The van der Waals surface area contributed by atoms with Gasteiger partial charge in [0.1, 0.15) is 4.21 Å². The summed E-state index contributed by atoms with van der Waals surface area (Å²) in [6.07, 6.45) is 4.05. The highest BCUT2D eigenvalue weighted by molar-refractivity contribution is 7.91. The Hall–Kier alpha value is -1.71. The van der Waals surface area contributed by atoms with Gasteiger partial charge in [-0.25, -0.2) is 8.42 Å². The van der Waals surface area contributed by atoms with Crippen LogP contribution in [0.3, 0.4) is 0 Å². The molecule has 0 bridgehead atoms. The van der Waals surface area contributed by atoms with Gasteiger partial charge >= 0.3 is 0 Å². The van der Waals surface area contributed by atoms with Crippen molar-refractivity contribution < 1.29 is 8.42 Å². The smallest absolute Gasteiger partial charge is 0.253 e. The number of aromatic nitrogens is 2. The molecule has 1 saturated carbocycles. The van der Waals surface area contributed by atoms with Gasteiger partial charge in [-0.1, -0.05) is 13.0 Å². The van der Waals surface area contributed by atoms with Gasteiger partial charge in [-0.2, -0.15) is 4.31 Å². The maximum Gasteiger partial charge on any atom is 0.253 e. The number of thiophene rings is 1. The second-order valence-corrected chi connectivity index (χ2v) is 10.8. The Labute approximate surface area is 205 Å². The zero-order chi connectivity index (χ0) is 21.5. The number of halogens is 2. The van der Waals surface area contributed by atoms with Crippen molar-refractivity contribution >= 4 is 46.2 Å². The Balaban J connectivity index is 0.00000181. The molecule has 0 amide bonds. The molecule has 1 aliphatic carbocycles. The van der Waals surface area contributed by atoms with E-state index in [4.69, 9.17) is 0 Å². The molecule has 1 atom stereocenters. The second-order valence-electron chi connectivity index (χ2n) is 7.63. The summed E-state index contributed by atoms with van der Waals surface area (Å²) in [5.41, 5.74) is 2.95. The lowest BCUT2D eigenvalue weighted by atomic mass is 10.1. The standard InChI is InChI=1S/C22H25N3O3S2.2ClH/c1-4-16-13-18(14(2)24-22(16)26)20-10-11-21(29-20)30(27,28)25(17-8-9-17)15(3)19-7-5-6-12-23-19;;/h5-7,10-13,15,17H,4,8-9H2,1-3H3,(H,24,26);2*1H. The van der Waals surface area contributed by atoms with Crippen LogP contribution < -0.4 is 5.56 Å². The third-order valence-electron chi connectivity index (χ3n) is 5.48. The fourth-order valence-corrected chi connectivity index (χ4v) is 7.03. The van der Waals surface area contributed by atoms with E-state index in [1.165, 1.54) is 11.3 Å². The van der Waals surface area contributed by atoms with Crippen LogP contribution in [-0.2, 0) is 16.4 Å². The Morgan fingerprint density at radius 3 is 2.53 bits per heavy atom. The highest BCUT2D eigenvalue weighted by Crippen LogP contribution is 2.41. The maximum absolute atomic E-state index is 13.6. The van der Waals surface area contributed by atoms with Crippen molar-refractivity contribution in [2.24, 2.45) is 0 Å². The quantitative estimate of drug-likeness (QED) is 0.472. The van der Waals surface area contributed by atoms with Gasteiger partial charge in [0, 0.05) is 33.9 Å². The molecule has 6 nitrogen and oxygen atoms in total. The number of sulfonamides is 1. The largest absolute Gasteiger partial charge is 0.326 e. The minimum Gasteiger partial charge on any atom is -0.326 e. The average molecular weight is 517 g/mol. The van der Waals surface area contributed by atoms with Crippen molar-refractivity contribution in [2.45, 2.75) is 56.3 Å². The van der Waals surface area contributed by atoms with Gasteiger partial charge in [0.25, 0.3) is 15.6 Å². The summed E-state index contributed by atoms with van der Waals surface area (Å²) in [6, 6.07) is 10.6. The molecule has 1 fully saturated rings. The Kier molecular flexibility index (Phi) is 8.69. The highest BCUT2D eigenvalue weighted by atomic mass is 35.5. The van der Waals surface area contributed by atoms with Crippen LogP contribution in [0.4, 0.5) is 0 Å². The van der Waals surface area contributed by atoms with Gasteiger partial charge in [-0.05, 0) is 63.4 Å². The molecule has 0 radical (unpaired) electrons. The summed E-state index contributed by atoms with van der Waals surface area (Å²) < 4.78 is 29.1. The molecule has 0 aliphatic heterocycles. The predicted octanol–water partition coefficient (Wildman–Crippen LogP) is 5.13. The summed E-state index contributed by atoms with van der Waals surface area (Å²) in [5.74, 6) is 0. The number of H-pyrrole nitrogens is 1.